The van der Waals surface area contributed by atoms with Crippen molar-refractivity contribution >= 4 is 15.9 Å². The fraction of sp³-hybridized carbons (Fsp3) is 0.455. The van der Waals surface area contributed by atoms with Crippen LogP contribution in [0.4, 0.5) is 4.39 Å². The van der Waals surface area contributed by atoms with Crippen molar-refractivity contribution in [3.05, 3.63) is 34.6 Å². The molecule has 4 heteroatoms. The molecule has 0 heterocycles. The van der Waals surface area contributed by atoms with Crippen LogP contribution in [0.3, 0.4) is 0 Å². The maximum atomic E-state index is 13.3. The van der Waals surface area contributed by atoms with Crippen molar-refractivity contribution in [1.82, 2.24) is 0 Å². The number of hydrogen-bond donors (Lipinski definition) is 2. The highest BCUT2D eigenvalue weighted by Crippen LogP contribution is 2.23. The molecule has 0 amide bonds. The van der Waals surface area contributed by atoms with Gasteiger partial charge in [0.1, 0.15) is 11.9 Å². The van der Waals surface area contributed by atoms with Gasteiger partial charge in [-0.3, -0.25) is 0 Å². The number of alkyl halides is 1. The predicted octanol–water partition coefficient (Wildman–Crippen LogP) is 2.23. The molecule has 0 bridgehead atoms. The average Bonchev–Trinajstić information content (AvgIpc) is 2.23. The molecule has 2 nitrogen and oxygen atoms in total. The lowest BCUT2D eigenvalue weighted by Gasteiger charge is -2.17. The quantitative estimate of drug-likeness (QED) is 0.832. The van der Waals surface area contributed by atoms with Gasteiger partial charge in [0.2, 0.25) is 0 Å². The molecular weight excluding hydrogens is 263 g/mol. The molecule has 0 spiro atoms. The van der Waals surface area contributed by atoms with E-state index in [4.69, 9.17) is 0 Å². The largest absolute Gasteiger partial charge is 0.389 e. The van der Waals surface area contributed by atoms with Gasteiger partial charge in [-0.05, 0) is 30.5 Å². The van der Waals surface area contributed by atoms with Gasteiger partial charge in [-0.1, -0.05) is 28.1 Å². The van der Waals surface area contributed by atoms with E-state index in [0.717, 1.165) is 0 Å². The van der Waals surface area contributed by atoms with E-state index in [1.807, 2.05) is 0 Å². The van der Waals surface area contributed by atoms with E-state index in [9.17, 15) is 14.6 Å². The second-order valence-corrected chi connectivity index (χ2v) is 4.28. The number of aliphatic hydroxyl groups is 2. The van der Waals surface area contributed by atoms with E-state index in [2.05, 4.69) is 15.9 Å². The minimum absolute atomic E-state index is 0.265. The molecule has 0 fully saturated rings. The minimum Gasteiger partial charge on any atom is -0.389 e. The second-order valence-electron chi connectivity index (χ2n) is 3.64. The molecule has 2 atom stereocenters. The lowest BCUT2D eigenvalue weighted by Crippen LogP contribution is -2.19. The number of benzene rings is 1. The van der Waals surface area contributed by atoms with Crippen molar-refractivity contribution in [2.75, 3.05) is 5.33 Å². The summed E-state index contributed by atoms with van der Waals surface area (Å²) in [6.45, 7) is 3.28. The number of halogens is 2. The summed E-state index contributed by atoms with van der Waals surface area (Å²) in [4.78, 5) is 0. The molecule has 84 valence electrons. The number of aliphatic hydroxyl groups excluding tert-OH is 2. The topological polar surface area (TPSA) is 40.5 Å². The fourth-order valence-corrected chi connectivity index (χ4v) is 1.81. The van der Waals surface area contributed by atoms with Crippen LogP contribution >= 0.6 is 15.9 Å². The molecule has 2 unspecified atom stereocenters. The molecule has 0 aliphatic heterocycles. The third kappa shape index (κ3) is 2.77. The molecule has 15 heavy (non-hydrogen) atoms. The van der Waals surface area contributed by atoms with Crippen LogP contribution in [-0.2, 0) is 0 Å². The van der Waals surface area contributed by atoms with Crippen LogP contribution < -0.4 is 0 Å². The normalized spacial score (nSPS) is 15.1. The van der Waals surface area contributed by atoms with Gasteiger partial charge in [0, 0.05) is 5.33 Å². The van der Waals surface area contributed by atoms with Gasteiger partial charge in [0.25, 0.3) is 0 Å². The lowest BCUT2D eigenvalue weighted by molar-refractivity contribution is 0.0341. The summed E-state index contributed by atoms with van der Waals surface area (Å²) in [6.07, 6.45) is -1.86. The van der Waals surface area contributed by atoms with E-state index in [1.54, 1.807) is 26.0 Å². The van der Waals surface area contributed by atoms with Crippen molar-refractivity contribution in [3.63, 3.8) is 0 Å². The Bertz CT molecular complexity index is 331. The molecule has 0 radical (unpaired) electrons. The third-order valence-electron chi connectivity index (χ3n) is 2.32. The van der Waals surface area contributed by atoms with Crippen LogP contribution in [0.5, 0.6) is 0 Å². The molecule has 0 aliphatic rings. The smallest absolute Gasteiger partial charge is 0.129 e. The van der Waals surface area contributed by atoms with Gasteiger partial charge >= 0.3 is 0 Å². The summed E-state index contributed by atoms with van der Waals surface area (Å²) in [7, 11) is 0. The van der Waals surface area contributed by atoms with E-state index in [1.165, 1.54) is 0 Å². The van der Waals surface area contributed by atoms with Gasteiger partial charge in [0.15, 0.2) is 0 Å². The van der Waals surface area contributed by atoms with Crippen LogP contribution in [0.15, 0.2) is 12.1 Å². The van der Waals surface area contributed by atoms with E-state index in [-0.39, 0.29) is 11.1 Å². The summed E-state index contributed by atoms with van der Waals surface area (Å²) < 4.78 is 13.3. The van der Waals surface area contributed by atoms with Crippen molar-refractivity contribution in [3.8, 4) is 0 Å². The lowest BCUT2D eigenvalue weighted by atomic mass is 10.00. The van der Waals surface area contributed by atoms with Gasteiger partial charge < -0.3 is 10.2 Å². The first kappa shape index (κ1) is 12.6. The van der Waals surface area contributed by atoms with Gasteiger partial charge in [-0.25, -0.2) is 4.39 Å². The third-order valence-corrected chi connectivity index (χ3v) is 2.99. The monoisotopic (exact) mass is 276 g/mol. The maximum Gasteiger partial charge on any atom is 0.129 e. The molecule has 0 aliphatic carbocycles. The van der Waals surface area contributed by atoms with Crippen LogP contribution in [0.1, 0.15) is 22.8 Å². The molecule has 1 aromatic carbocycles. The summed E-state index contributed by atoms with van der Waals surface area (Å²) >= 11 is 3.08. The highest BCUT2D eigenvalue weighted by atomic mass is 79.9. The SMILES string of the molecule is Cc1cc(C(O)C(O)CBr)cc(C)c1F. The summed E-state index contributed by atoms with van der Waals surface area (Å²) in [5, 5.41) is 19.4. The van der Waals surface area contributed by atoms with Crippen LogP contribution in [0.25, 0.3) is 0 Å². The van der Waals surface area contributed by atoms with Crippen molar-refractivity contribution in [1.29, 1.82) is 0 Å². The Kier molecular flexibility index (Phi) is 4.25. The molecule has 0 aromatic heterocycles. The van der Waals surface area contributed by atoms with Gasteiger partial charge in [0.05, 0.1) is 6.10 Å². The predicted molar refractivity (Wildman–Crippen MR) is 60.6 cm³/mol. The Labute approximate surface area is 96.9 Å². The van der Waals surface area contributed by atoms with E-state index >= 15 is 0 Å². The maximum absolute atomic E-state index is 13.3. The summed E-state index contributed by atoms with van der Waals surface area (Å²) in [6, 6.07) is 3.11. The second kappa shape index (κ2) is 5.05. The van der Waals surface area contributed by atoms with Gasteiger partial charge in [-0.2, -0.15) is 0 Å². The number of aryl methyl sites for hydroxylation is 2. The van der Waals surface area contributed by atoms with Crippen LogP contribution in [0.2, 0.25) is 0 Å². The van der Waals surface area contributed by atoms with Crippen molar-refractivity contribution in [2.24, 2.45) is 0 Å². The van der Waals surface area contributed by atoms with E-state index in [0.29, 0.717) is 16.7 Å². The fourth-order valence-electron chi connectivity index (χ4n) is 1.46. The Hall–Kier alpha value is -0.450. The first-order chi connectivity index (χ1) is 6.97. The Morgan fingerprint density at radius 2 is 1.73 bits per heavy atom. The highest BCUT2D eigenvalue weighted by Gasteiger charge is 2.18. The molecule has 1 rings (SSSR count). The minimum atomic E-state index is -0.984. The van der Waals surface area contributed by atoms with Crippen molar-refractivity contribution in [2.45, 2.75) is 26.1 Å². The standard InChI is InChI=1S/C11H14BrFO2/c1-6-3-8(4-7(2)10(6)13)11(15)9(14)5-12/h3-4,9,11,14-15H,5H2,1-2H3. The zero-order valence-electron chi connectivity index (χ0n) is 8.67. The van der Waals surface area contributed by atoms with Crippen LogP contribution in [0, 0.1) is 19.7 Å². The Balaban J connectivity index is 3.06. The first-order valence-electron chi connectivity index (χ1n) is 4.66. The van der Waals surface area contributed by atoms with E-state index < -0.39 is 12.2 Å². The molecule has 2 N–H and O–H groups in total. The van der Waals surface area contributed by atoms with Gasteiger partial charge in [-0.15, -0.1) is 0 Å². The first-order valence-corrected chi connectivity index (χ1v) is 5.78. The van der Waals surface area contributed by atoms with Crippen molar-refractivity contribution < 1.29 is 14.6 Å². The Morgan fingerprint density at radius 3 is 2.13 bits per heavy atom. The summed E-state index contributed by atoms with van der Waals surface area (Å²) in [5.41, 5.74) is 1.50. The molecule has 1 aromatic rings. The number of rotatable bonds is 3. The average molecular weight is 277 g/mol. The Morgan fingerprint density at radius 1 is 1.27 bits per heavy atom. The zero-order valence-corrected chi connectivity index (χ0v) is 10.3. The summed E-state index contributed by atoms with van der Waals surface area (Å²) in [5.74, 6) is -0.265. The van der Waals surface area contributed by atoms with Crippen LogP contribution in [-0.4, -0.2) is 21.6 Å². The molecular formula is C11H14BrFO2. The zero-order chi connectivity index (χ0) is 11.6. The highest BCUT2D eigenvalue weighted by molar-refractivity contribution is 9.09. The molecule has 0 saturated heterocycles. The number of hydrogen-bond acceptors (Lipinski definition) is 2. The molecule has 0 saturated carbocycles.